The second-order valence-corrected chi connectivity index (χ2v) is 7.42. The number of aryl methyl sites for hydroxylation is 1. The molecule has 1 nitrogen and oxygen atoms in total. The molecule has 104 valence electrons. The van der Waals surface area contributed by atoms with Crippen LogP contribution in [-0.2, 0) is 0 Å². The highest BCUT2D eigenvalue weighted by atomic mass is 19.1. The number of anilines is 1. The molecule has 0 aliphatic heterocycles. The number of rotatable bonds is 2. The van der Waals surface area contributed by atoms with Crippen LogP contribution in [0.25, 0.3) is 0 Å². The quantitative estimate of drug-likeness (QED) is 0.809. The summed E-state index contributed by atoms with van der Waals surface area (Å²) in [6.07, 6.45) is 3.88. The number of nitrogens with one attached hydrogen (secondary N) is 1. The minimum atomic E-state index is -0.123. The smallest absolute Gasteiger partial charge is 0.146 e. The van der Waals surface area contributed by atoms with Crippen molar-refractivity contribution in [1.82, 2.24) is 0 Å². The van der Waals surface area contributed by atoms with Crippen molar-refractivity contribution >= 4 is 5.69 Å². The van der Waals surface area contributed by atoms with Crippen molar-refractivity contribution in [1.29, 1.82) is 0 Å². The zero-order chi connectivity index (χ0) is 13.8. The molecule has 1 aromatic rings. The van der Waals surface area contributed by atoms with Gasteiger partial charge in [0.15, 0.2) is 0 Å². The van der Waals surface area contributed by atoms with E-state index in [0.29, 0.717) is 17.1 Å². The summed E-state index contributed by atoms with van der Waals surface area (Å²) in [5, 5.41) is 3.56. The van der Waals surface area contributed by atoms with Crippen LogP contribution >= 0.6 is 0 Å². The Morgan fingerprint density at radius 2 is 2.00 bits per heavy atom. The monoisotopic (exact) mass is 261 g/mol. The van der Waals surface area contributed by atoms with Crippen LogP contribution in [0.15, 0.2) is 18.2 Å². The number of fused-ring (bicyclic) bond motifs is 2. The molecule has 0 saturated heterocycles. The van der Waals surface area contributed by atoms with Crippen LogP contribution in [0, 0.1) is 29.5 Å². The van der Waals surface area contributed by atoms with Crippen LogP contribution in [0.3, 0.4) is 0 Å². The van der Waals surface area contributed by atoms with Gasteiger partial charge in [0.05, 0.1) is 5.69 Å². The van der Waals surface area contributed by atoms with Crippen LogP contribution in [0.5, 0.6) is 0 Å². The Morgan fingerprint density at radius 1 is 1.26 bits per heavy atom. The molecular formula is C17H24FN. The Kier molecular flexibility index (Phi) is 2.71. The molecule has 1 unspecified atom stereocenters. The molecule has 1 aromatic carbocycles. The molecule has 0 heterocycles. The predicted octanol–water partition coefficient (Wildman–Crippen LogP) is 4.76. The van der Waals surface area contributed by atoms with Gasteiger partial charge in [-0.3, -0.25) is 0 Å². The third kappa shape index (κ3) is 1.79. The van der Waals surface area contributed by atoms with Gasteiger partial charge in [-0.15, -0.1) is 0 Å². The summed E-state index contributed by atoms with van der Waals surface area (Å²) in [5.41, 5.74) is 2.28. The second kappa shape index (κ2) is 3.97. The molecule has 2 fully saturated rings. The number of hydrogen-bond acceptors (Lipinski definition) is 1. The fraction of sp³-hybridized carbons (Fsp3) is 0.647. The molecule has 0 radical (unpaired) electrons. The molecule has 2 saturated carbocycles. The Labute approximate surface area is 115 Å². The topological polar surface area (TPSA) is 12.0 Å². The maximum Gasteiger partial charge on any atom is 0.146 e. The first-order valence-electron chi connectivity index (χ1n) is 7.36. The summed E-state index contributed by atoms with van der Waals surface area (Å²) < 4.78 is 14.1. The lowest BCUT2D eigenvalue weighted by Gasteiger charge is -2.44. The minimum absolute atomic E-state index is 0.123. The highest BCUT2D eigenvalue weighted by molar-refractivity contribution is 5.53. The van der Waals surface area contributed by atoms with Gasteiger partial charge in [0, 0.05) is 6.04 Å². The summed E-state index contributed by atoms with van der Waals surface area (Å²) in [7, 11) is 0. The Hall–Kier alpha value is -1.05. The van der Waals surface area contributed by atoms with Crippen molar-refractivity contribution < 1.29 is 4.39 Å². The zero-order valence-electron chi connectivity index (χ0n) is 12.4. The number of benzene rings is 1. The van der Waals surface area contributed by atoms with E-state index in [-0.39, 0.29) is 11.2 Å². The van der Waals surface area contributed by atoms with Crippen molar-refractivity contribution in [2.45, 2.75) is 53.0 Å². The summed E-state index contributed by atoms with van der Waals surface area (Å²) in [6.45, 7) is 9.04. The third-order valence-electron chi connectivity index (χ3n) is 5.78. The molecule has 0 aromatic heterocycles. The molecule has 1 N–H and O–H groups in total. The van der Waals surface area contributed by atoms with Gasteiger partial charge in [-0.05, 0) is 54.6 Å². The van der Waals surface area contributed by atoms with Crippen molar-refractivity contribution in [2.24, 2.45) is 16.7 Å². The van der Waals surface area contributed by atoms with E-state index >= 15 is 0 Å². The number of halogens is 1. The van der Waals surface area contributed by atoms with E-state index < -0.39 is 0 Å². The summed E-state index contributed by atoms with van der Waals surface area (Å²) in [5.74, 6) is 0.657. The maximum atomic E-state index is 14.1. The van der Waals surface area contributed by atoms with Gasteiger partial charge in [-0.2, -0.15) is 0 Å². The lowest BCUT2D eigenvalue weighted by Crippen LogP contribution is -2.46. The predicted molar refractivity (Wildman–Crippen MR) is 77.8 cm³/mol. The van der Waals surface area contributed by atoms with E-state index in [2.05, 4.69) is 26.1 Å². The SMILES string of the molecule is Cc1cccc(F)c1NC1C(C)(C)[C@H]2CC[C@]1(C)C2. The first-order valence-corrected chi connectivity index (χ1v) is 7.36. The van der Waals surface area contributed by atoms with Crippen molar-refractivity contribution in [3.63, 3.8) is 0 Å². The minimum Gasteiger partial charge on any atom is -0.379 e. The number of hydrogen-bond donors (Lipinski definition) is 1. The fourth-order valence-corrected chi connectivity index (χ4v) is 4.62. The largest absolute Gasteiger partial charge is 0.379 e. The molecule has 3 atom stereocenters. The normalized spacial score (nSPS) is 35.6. The summed E-state index contributed by atoms with van der Waals surface area (Å²) >= 11 is 0. The van der Waals surface area contributed by atoms with E-state index in [1.54, 1.807) is 12.1 Å². The van der Waals surface area contributed by atoms with Crippen molar-refractivity contribution in [3.8, 4) is 0 Å². The third-order valence-corrected chi connectivity index (χ3v) is 5.78. The molecule has 2 aliphatic rings. The van der Waals surface area contributed by atoms with E-state index in [1.807, 2.05) is 13.0 Å². The van der Waals surface area contributed by atoms with Crippen LogP contribution in [0.1, 0.15) is 45.6 Å². The highest BCUT2D eigenvalue weighted by Gasteiger charge is 2.59. The average Bonchev–Trinajstić information content (AvgIpc) is 2.78. The van der Waals surface area contributed by atoms with E-state index in [0.717, 1.165) is 11.5 Å². The van der Waals surface area contributed by atoms with E-state index in [4.69, 9.17) is 0 Å². The van der Waals surface area contributed by atoms with Gasteiger partial charge >= 0.3 is 0 Å². The molecule has 2 heteroatoms. The van der Waals surface area contributed by atoms with Gasteiger partial charge in [0.2, 0.25) is 0 Å². The molecule has 19 heavy (non-hydrogen) atoms. The lowest BCUT2D eigenvalue weighted by atomic mass is 9.68. The van der Waals surface area contributed by atoms with Crippen LogP contribution in [0.2, 0.25) is 0 Å². The van der Waals surface area contributed by atoms with Crippen LogP contribution in [-0.4, -0.2) is 6.04 Å². The lowest BCUT2D eigenvalue weighted by molar-refractivity contribution is 0.155. The first-order chi connectivity index (χ1) is 8.84. The first kappa shape index (κ1) is 13.0. The zero-order valence-corrected chi connectivity index (χ0v) is 12.4. The standard InChI is InChI=1S/C17H24FN/c1-11-6-5-7-13(18)14(11)19-15-16(2,3)12-8-9-17(15,4)10-12/h5-7,12,15,19H,8-10H2,1-4H3/t12-,15?,17+/m0/s1. The van der Waals surface area contributed by atoms with E-state index in [9.17, 15) is 4.39 Å². The molecule has 3 rings (SSSR count). The molecule has 0 spiro atoms. The molecule has 2 bridgehead atoms. The van der Waals surface area contributed by atoms with Gasteiger partial charge < -0.3 is 5.32 Å². The average molecular weight is 261 g/mol. The van der Waals surface area contributed by atoms with Gasteiger partial charge in [0.25, 0.3) is 0 Å². The van der Waals surface area contributed by atoms with Crippen LogP contribution in [0.4, 0.5) is 10.1 Å². The Morgan fingerprint density at radius 3 is 2.58 bits per heavy atom. The van der Waals surface area contributed by atoms with Crippen molar-refractivity contribution in [3.05, 3.63) is 29.6 Å². The van der Waals surface area contributed by atoms with Crippen LogP contribution < -0.4 is 5.32 Å². The molecule has 0 amide bonds. The number of para-hydroxylation sites is 1. The maximum absolute atomic E-state index is 14.1. The Bertz CT molecular complexity index is 483. The summed E-state index contributed by atoms with van der Waals surface area (Å²) in [6, 6.07) is 5.68. The van der Waals surface area contributed by atoms with Crippen molar-refractivity contribution in [2.75, 3.05) is 5.32 Å². The summed E-state index contributed by atoms with van der Waals surface area (Å²) in [4.78, 5) is 0. The Balaban J connectivity index is 1.95. The second-order valence-electron chi connectivity index (χ2n) is 7.42. The van der Waals surface area contributed by atoms with E-state index in [1.165, 1.54) is 19.3 Å². The van der Waals surface area contributed by atoms with Gasteiger partial charge in [-0.25, -0.2) is 4.39 Å². The molecule has 2 aliphatic carbocycles. The van der Waals surface area contributed by atoms with Gasteiger partial charge in [0.1, 0.15) is 5.82 Å². The fourth-order valence-electron chi connectivity index (χ4n) is 4.62. The van der Waals surface area contributed by atoms with Gasteiger partial charge in [-0.1, -0.05) is 32.9 Å². The molecular weight excluding hydrogens is 237 g/mol. The highest BCUT2D eigenvalue weighted by Crippen LogP contribution is 2.63.